The van der Waals surface area contributed by atoms with Gasteiger partial charge in [-0.05, 0) is 41.8 Å². The summed E-state index contributed by atoms with van der Waals surface area (Å²) in [5.74, 6) is 7.97. The smallest absolute Gasteiger partial charge is 0.161 e. The number of benzene rings is 2. The highest BCUT2D eigenvalue weighted by Crippen LogP contribution is 2.34. The molecule has 0 unspecified atom stereocenters. The van der Waals surface area contributed by atoms with Crippen molar-refractivity contribution >= 4 is 22.4 Å². The van der Waals surface area contributed by atoms with E-state index in [0.717, 1.165) is 33.5 Å². The topological polar surface area (TPSA) is 73.8 Å². The summed E-state index contributed by atoms with van der Waals surface area (Å²) in [7, 11) is 5.31. The molecule has 0 atom stereocenters. The van der Waals surface area contributed by atoms with Crippen LogP contribution in [-0.2, 0) is 7.05 Å². The number of hydrazone groups is 1. The van der Waals surface area contributed by atoms with Gasteiger partial charge in [0.2, 0.25) is 0 Å². The number of aryl methyl sites for hydroxylation is 1. The Morgan fingerprint density at radius 2 is 1.81 bits per heavy atom. The number of fused-ring (bicyclic) bond motifs is 1. The summed E-state index contributed by atoms with van der Waals surface area (Å²) in [5.41, 5.74) is 3.92. The Balaban J connectivity index is 2.02. The van der Waals surface area contributed by atoms with Crippen molar-refractivity contribution in [2.24, 2.45) is 18.0 Å². The number of methoxy groups -OCH3 is 2. The molecular formula is C21H26N4O2. The number of hydrogen-bond donors (Lipinski definition) is 2. The zero-order chi connectivity index (χ0) is 19.6. The van der Waals surface area contributed by atoms with Crippen molar-refractivity contribution in [3.63, 3.8) is 0 Å². The van der Waals surface area contributed by atoms with Gasteiger partial charge in [-0.25, -0.2) is 0 Å². The Hall–Kier alpha value is -3.15. The van der Waals surface area contributed by atoms with Crippen LogP contribution in [0.2, 0.25) is 0 Å². The Bertz CT molecular complexity index is 989. The highest BCUT2D eigenvalue weighted by molar-refractivity contribution is 6.10. The molecule has 0 aliphatic heterocycles. The molecule has 142 valence electrons. The fourth-order valence-corrected chi connectivity index (χ4v) is 3.23. The number of nitrogens with zero attached hydrogens (tertiary/aromatic N) is 2. The molecule has 0 aliphatic carbocycles. The standard InChI is InChI=1S/C21H26N4O2/c1-13(2)16-11-17(20(27-5)12-19(16)26-4)21(24-22)23-15-6-7-18-14(10-15)8-9-25(18)3/h6-13H,22H2,1-5H3,(H,23,24). The van der Waals surface area contributed by atoms with Gasteiger partial charge in [-0.15, -0.1) is 0 Å². The molecule has 6 heteroatoms. The van der Waals surface area contributed by atoms with Crippen LogP contribution in [0.3, 0.4) is 0 Å². The number of anilines is 1. The maximum atomic E-state index is 5.72. The third kappa shape index (κ3) is 3.56. The molecule has 2 aromatic carbocycles. The highest BCUT2D eigenvalue weighted by Gasteiger charge is 2.18. The summed E-state index contributed by atoms with van der Waals surface area (Å²) in [6.07, 6.45) is 2.04. The SMILES string of the molecule is COc1cc(OC)c(C(C)C)cc1/C(=N/N)Nc1ccc2c(ccn2C)c1. The largest absolute Gasteiger partial charge is 0.496 e. The predicted octanol–water partition coefficient (Wildman–Crippen LogP) is 4.05. The molecule has 0 spiro atoms. The second kappa shape index (κ2) is 7.61. The monoisotopic (exact) mass is 366 g/mol. The van der Waals surface area contributed by atoms with Gasteiger partial charge in [0.1, 0.15) is 11.5 Å². The van der Waals surface area contributed by atoms with Crippen molar-refractivity contribution in [1.82, 2.24) is 4.57 Å². The van der Waals surface area contributed by atoms with Crippen LogP contribution in [0.4, 0.5) is 5.69 Å². The minimum absolute atomic E-state index is 0.282. The van der Waals surface area contributed by atoms with E-state index < -0.39 is 0 Å². The number of ether oxygens (including phenoxy) is 2. The van der Waals surface area contributed by atoms with E-state index in [2.05, 4.69) is 47.0 Å². The number of nitrogens with two attached hydrogens (primary N) is 1. The number of rotatable bonds is 5. The summed E-state index contributed by atoms with van der Waals surface area (Å²) >= 11 is 0. The molecule has 0 radical (unpaired) electrons. The van der Waals surface area contributed by atoms with E-state index in [1.165, 1.54) is 0 Å². The van der Waals surface area contributed by atoms with Gasteiger partial charge in [0.15, 0.2) is 5.84 Å². The van der Waals surface area contributed by atoms with Crippen LogP contribution in [0.1, 0.15) is 30.9 Å². The van der Waals surface area contributed by atoms with Gasteiger partial charge in [0.25, 0.3) is 0 Å². The van der Waals surface area contributed by atoms with Crippen molar-refractivity contribution in [3.05, 3.63) is 53.7 Å². The predicted molar refractivity (Wildman–Crippen MR) is 111 cm³/mol. The lowest BCUT2D eigenvalue weighted by Crippen LogP contribution is -2.17. The third-order valence-electron chi connectivity index (χ3n) is 4.71. The zero-order valence-electron chi connectivity index (χ0n) is 16.4. The summed E-state index contributed by atoms with van der Waals surface area (Å²) in [6.45, 7) is 4.23. The molecule has 0 fully saturated rings. The first-order chi connectivity index (χ1) is 13.0. The first-order valence-electron chi connectivity index (χ1n) is 8.84. The quantitative estimate of drug-likeness (QED) is 0.309. The molecule has 0 saturated heterocycles. The number of hydrogen-bond acceptors (Lipinski definition) is 4. The fourth-order valence-electron chi connectivity index (χ4n) is 3.23. The summed E-state index contributed by atoms with van der Waals surface area (Å²) < 4.78 is 13.2. The van der Waals surface area contributed by atoms with E-state index in [4.69, 9.17) is 15.3 Å². The van der Waals surface area contributed by atoms with E-state index in [9.17, 15) is 0 Å². The van der Waals surface area contributed by atoms with E-state index in [0.29, 0.717) is 11.6 Å². The lowest BCUT2D eigenvalue weighted by Gasteiger charge is -2.18. The molecule has 0 bridgehead atoms. The minimum atomic E-state index is 0.282. The van der Waals surface area contributed by atoms with Crippen LogP contribution < -0.4 is 20.6 Å². The van der Waals surface area contributed by atoms with Crippen LogP contribution in [0, 0.1) is 0 Å². The van der Waals surface area contributed by atoms with Gasteiger partial charge >= 0.3 is 0 Å². The summed E-state index contributed by atoms with van der Waals surface area (Å²) in [4.78, 5) is 0. The Morgan fingerprint density at radius 3 is 2.44 bits per heavy atom. The van der Waals surface area contributed by atoms with Gasteiger partial charge in [-0.2, -0.15) is 5.10 Å². The summed E-state index contributed by atoms with van der Waals surface area (Å²) in [5, 5.41) is 8.44. The average Bonchev–Trinajstić information content (AvgIpc) is 3.05. The Kier molecular flexibility index (Phi) is 5.26. The maximum Gasteiger partial charge on any atom is 0.161 e. The van der Waals surface area contributed by atoms with Gasteiger partial charge in [0.05, 0.1) is 19.8 Å². The molecule has 0 amide bonds. The molecule has 6 nitrogen and oxygen atoms in total. The van der Waals surface area contributed by atoms with Crippen LogP contribution in [0.5, 0.6) is 11.5 Å². The Morgan fingerprint density at radius 1 is 1.07 bits per heavy atom. The molecule has 1 heterocycles. The lowest BCUT2D eigenvalue weighted by atomic mass is 9.98. The van der Waals surface area contributed by atoms with Crippen LogP contribution in [0.25, 0.3) is 10.9 Å². The number of aromatic nitrogens is 1. The summed E-state index contributed by atoms with van der Waals surface area (Å²) in [6, 6.07) is 12.1. The second-order valence-electron chi connectivity index (χ2n) is 6.75. The van der Waals surface area contributed by atoms with Gasteiger partial charge in [-0.3, -0.25) is 0 Å². The maximum absolute atomic E-state index is 5.72. The van der Waals surface area contributed by atoms with Gasteiger partial charge in [-0.1, -0.05) is 13.8 Å². The minimum Gasteiger partial charge on any atom is -0.496 e. The van der Waals surface area contributed by atoms with E-state index in [-0.39, 0.29) is 5.92 Å². The molecule has 0 saturated carbocycles. The molecule has 3 aromatic rings. The Labute approximate surface area is 159 Å². The van der Waals surface area contributed by atoms with Crippen molar-refractivity contribution in [2.75, 3.05) is 19.5 Å². The van der Waals surface area contributed by atoms with Crippen molar-refractivity contribution in [2.45, 2.75) is 19.8 Å². The second-order valence-corrected chi connectivity index (χ2v) is 6.75. The van der Waals surface area contributed by atoms with Crippen molar-refractivity contribution < 1.29 is 9.47 Å². The first kappa shape index (κ1) is 18.6. The van der Waals surface area contributed by atoms with E-state index in [1.807, 2.05) is 31.4 Å². The molecule has 0 aliphatic rings. The fraction of sp³-hybridized carbons (Fsp3) is 0.286. The highest BCUT2D eigenvalue weighted by atomic mass is 16.5. The van der Waals surface area contributed by atoms with Crippen LogP contribution in [-0.4, -0.2) is 24.6 Å². The van der Waals surface area contributed by atoms with Gasteiger partial charge in [0, 0.05) is 35.9 Å². The van der Waals surface area contributed by atoms with E-state index in [1.54, 1.807) is 14.2 Å². The molecule has 3 N–H and O–H groups in total. The normalized spacial score (nSPS) is 11.9. The zero-order valence-corrected chi connectivity index (χ0v) is 16.4. The number of nitrogens with one attached hydrogen (secondary N) is 1. The first-order valence-corrected chi connectivity index (χ1v) is 8.84. The van der Waals surface area contributed by atoms with Crippen LogP contribution in [0.15, 0.2) is 47.7 Å². The number of amidine groups is 1. The third-order valence-corrected chi connectivity index (χ3v) is 4.71. The van der Waals surface area contributed by atoms with Crippen molar-refractivity contribution in [3.8, 4) is 11.5 Å². The molecule has 1 aromatic heterocycles. The molecular weight excluding hydrogens is 340 g/mol. The van der Waals surface area contributed by atoms with E-state index >= 15 is 0 Å². The lowest BCUT2D eigenvalue weighted by molar-refractivity contribution is 0.389. The molecule has 27 heavy (non-hydrogen) atoms. The average molecular weight is 366 g/mol. The van der Waals surface area contributed by atoms with Gasteiger partial charge < -0.3 is 25.2 Å². The van der Waals surface area contributed by atoms with Crippen LogP contribution >= 0.6 is 0 Å². The van der Waals surface area contributed by atoms with Crippen molar-refractivity contribution in [1.29, 1.82) is 0 Å². The molecule has 3 rings (SSSR count).